The zero-order valence-electron chi connectivity index (χ0n) is 11.6. The minimum absolute atomic E-state index is 0.759. The van der Waals surface area contributed by atoms with Gasteiger partial charge in [0.25, 0.3) is 0 Å². The number of benzene rings is 2. The molecule has 0 amide bonds. The summed E-state index contributed by atoms with van der Waals surface area (Å²) in [5.41, 5.74) is 12.2. The highest BCUT2D eigenvalue weighted by molar-refractivity contribution is 5.68. The van der Waals surface area contributed by atoms with Crippen molar-refractivity contribution in [2.24, 2.45) is 0 Å². The number of imidazole rings is 1. The van der Waals surface area contributed by atoms with Crippen molar-refractivity contribution >= 4 is 5.69 Å². The van der Waals surface area contributed by atoms with Crippen LogP contribution in [0.4, 0.5) is 5.69 Å². The van der Waals surface area contributed by atoms with E-state index in [4.69, 9.17) is 5.73 Å². The number of aromatic amines is 1. The number of nitrogens with one attached hydrogen (secondary N) is 1. The summed E-state index contributed by atoms with van der Waals surface area (Å²) in [6, 6.07) is 14.1. The Morgan fingerprint density at radius 1 is 1.00 bits per heavy atom. The third-order valence-electron chi connectivity index (χ3n) is 3.44. The van der Waals surface area contributed by atoms with E-state index in [1.54, 1.807) is 0 Å². The Hall–Kier alpha value is -2.55. The van der Waals surface area contributed by atoms with Crippen molar-refractivity contribution in [2.75, 3.05) is 5.73 Å². The molecule has 0 aliphatic heterocycles. The molecule has 3 N–H and O–H groups in total. The van der Waals surface area contributed by atoms with Gasteiger partial charge in [-0.3, -0.25) is 0 Å². The second-order valence-corrected chi connectivity index (χ2v) is 5.09. The predicted molar refractivity (Wildman–Crippen MR) is 83.3 cm³/mol. The van der Waals surface area contributed by atoms with E-state index in [1.807, 2.05) is 30.5 Å². The van der Waals surface area contributed by atoms with E-state index in [2.05, 4.69) is 42.0 Å². The lowest BCUT2D eigenvalue weighted by Gasteiger charge is -2.04. The lowest BCUT2D eigenvalue weighted by atomic mass is 10.0. The highest BCUT2D eigenvalue weighted by atomic mass is 14.9. The van der Waals surface area contributed by atoms with Crippen LogP contribution in [0.3, 0.4) is 0 Å². The van der Waals surface area contributed by atoms with E-state index in [-0.39, 0.29) is 0 Å². The number of aryl methyl sites for hydroxylation is 2. The van der Waals surface area contributed by atoms with Crippen LogP contribution < -0.4 is 5.73 Å². The molecule has 0 unspecified atom stereocenters. The number of H-pyrrole nitrogens is 1. The molecule has 0 aliphatic rings. The summed E-state index contributed by atoms with van der Waals surface area (Å²) in [7, 11) is 0. The maximum absolute atomic E-state index is 5.71. The van der Waals surface area contributed by atoms with Crippen LogP contribution in [0.2, 0.25) is 0 Å². The maximum atomic E-state index is 5.71. The van der Waals surface area contributed by atoms with Gasteiger partial charge in [0, 0.05) is 16.8 Å². The molecule has 3 nitrogen and oxygen atoms in total. The second-order valence-electron chi connectivity index (χ2n) is 5.09. The highest BCUT2D eigenvalue weighted by Crippen LogP contribution is 2.26. The number of nitrogens with two attached hydrogens (primary N) is 1. The first kappa shape index (κ1) is 12.5. The first-order valence-electron chi connectivity index (χ1n) is 6.62. The molecule has 2 aromatic carbocycles. The summed E-state index contributed by atoms with van der Waals surface area (Å²) < 4.78 is 0. The van der Waals surface area contributed by atoms with Crippen LogP contribution in [0, 0.1) is 13.8 Å². The third-order valence-corrected chi connectivity index (χ3v) is 3.44. The highest BCUT2D eigenvalue weighted by Gasteiger charge is 2.07. The number of hydrogen-bond acceptors (Lipinski definition) is 2. The number of nitrogen functional groups attached to an aromatic ring is 1. The van der Waals surface area contributed by atoms with Crippen LogP contribution in [-0.4, -0.2) is 9.97 Å². The standard InChI is InChI=1S/C17H17N3/c1-11-3-4-12(2)15(9-11)16-10-19-17(20-16)13-5-7-14(18)8-6-13/h3-10H,18H2,1-2H3,(H,19,20). The molecule has 0 atom stereocenters. The minimum atomic E-state index is 0.759. The van der Waals surface area contributed by atoms with Crippen LogP contribution in [0.5, 0.6) is 0 Å². The van der Waals surface area contributed by atoms with Gasteiger partial charge >= 0.3 is 0 Å². The van der Waals surface area contributed by atoms with Gasteiger partial charge in [-0.15, -0.1) is 0 Å². The Morgan fingerprint density at radius 2 is 1.75 bits per heavy atom. The van der Waals surface area contributed by atoms with E-state index >= 15 is 0 Å². The first-order valence-corrected chi connectivity index (χ1v) is 6.62. The molecule has 3 heteroatoms. The number of anilines is 1. The summed E-state index contributed by atoms with van der Waals surface area (Å²) in [4.78, 5) is 7.85. The molecular weight excluding hydrogens is 246 g/mol. The molecule has 0 bridgehead atoms. The summed E-state index contributed by atoms with van der Waals surface area (Å²) >= 11 is 0. The lowest BCUT2D eigenvalue weighted by molar-refractivity contribution is 1.30. The van der Waals surface area contributed by atoms with E-state index < -0.39 is 0 Å². The van der Waals surface area contributed by atoms with Crippen molar-refractivity contribution in [1.29, 1.82) is 0 Å². The molecule has 3 rings (SSSR count). The molecule has 0 aliphatic carbocycles. The topological polar surface area (TPSA) is 54.7 Å². The monoisotopic (exact) mass is 263 g/mol. The van der Waals surface area contributed by atoms with Crippen molar-refractivity contribution in [2.45, 2.75) is 13.8 Å². The first-order chi connectivity index (χ1) is 9.63. The zero-order chi connectivity index (χ0) is 14.1. The largest absolute Gasteiger partial charge is 0.399 e. The van der Waals surface area contributed by atoms with Crippen molar-refractivity contribution in [1.82, 2.24) is 9.97 Å². The third kappa shape index (κ3) is 2.30. The molecule has 0 fully saturated rings. The second kappa shape index (κ2) is 4.85. The van der Waals surface area contributed by atoms with Gasteiger partial charge in [0.15, 0.2) is 0 Å². The number of hydrogen-bond donors (Lipinski definition) is 2. The Labute approximate surface area is 118 Å². The molecular formula is C17H17N3. The molecule has 1 aromatic heterocycles. The Bertz CT molecular complexity index is 739. The fourth-order valence-corrected chi connectivity index (χ4v) is 2.27. The van der Waals surface area contributed by atoms with E-state index in [1.165, 1.54) is 16.7 Å². The van der Waals surface area contributed by atoms with E-state index in [9.17, 15) is 0 Å². The molecule has 0 saturated heterocycles. The molecule has 1 heterocycles. The van der Waals surface area contributed by atoms with Gasteiger partial charge in [0.1, 0.15) is 5.82 Å². The molecule has 0 saturated carbocycles. The molecule has 100 valence electrons. The fourth-order valence-electron chi connectivity index (χ4n) is 2.27. The summed E-state index contributed by atoms with van der Waals surface area (Å²) in [5, 5.41) is 0. The van der Waals surface area contributed by atoms with Crippen LogP contribution in [0.1, 0.15) is 11.1 Å². The fraction of sp³-hybridized carbons (Fsp3) is 0.118. The molecule has 0 radical (unpaired) electrons. The van der Waals surface area contributed by atoms with Gasteiger partial charge in [-0.25, -0.2) is 4.98 Å². The summed E-state index contributed by atoms with van der Waals surface area (Å²) in [6.07, 6.45) is 1.88. The minimum Gasteiger partial charge on any atom is -0.399 e. The maximum Gasteiger partial charge on any atom is 0.137 e. The SMILES string of the molecule is Cc1ccc(C)c(-c2cnc(-c3ccc(N)cc3)[nH]2)c1. The Kier molecular flexibility index (Phi) is 3.03. The van der Waals surface area contributed by atoms with Crippen LogP contribution in [0.15, 0.2) is 48.7 Å². The number of aromatic nitrogens is 2. The van der Waals surface area contributed by atoms with Crippen LogP contribution in [-0.2, 0) is 0 Å². The van der Waals surface area contributed by atoms with Crippen molar-refractivity contribution in [3.05, 3.63) is 59.8 Å². The van der Waals surface area contributed by atoms with E-state index in [0.29, 0.717) is 0 Å². The van der Waals surface area contributed by atoms with E-state index in [0.717, 1.165) is 22.8 Å². The van der Waals surface area contributed by atoms with Gasteiger partial charge < -0.3 is 10.7 Å². The average Bonchev–Trinajstić information content (AvgIpc) is 2.92. The van der Waals surface area contributed by atoms with Crippen molar-refractivity contribution in [3.8, 4) is 22.6 Å². The predicted octanol–water partition coefficient (Wildman–Crippen LogP) is 3.94. The quantitative estimate of drug-likeness (QED) is 0.688. The zero-order valence-corrected chi connectivity index (χ0v) is 11.6. The smallest absolute Gasteiger partial charge is 0.137 e. The normalized spacial score (nSPS) is 10.7. The van der Waals surface area contributed by atoms with Crippen molar-refractivity contribution in [3.63, 3.8) is 0 Å². The lowest BCUT2D eigenvalue weighted by Crippen LogP contribution is -1.86. The van der Waals surface area contributed by atoms with Gasteiger partial charge in [-0.2, -0.15) is 0 Å². The van der Waals surface area contributed by atoms with Gasteiger partial charge in [-0.05, 0) is 49.7 Å². The Morgan fingerprint density at radius 3 is 2.50 bits per heavy atom. The molecule has 20 heavy (non-hydrogen) atoms. The molecule has 0 spiro atoms. The van der Waals surface area contributed by atoms with Gasteiger partial charge in [0.2, 0.25) is 0 Å². The molecule has 3 aromatic rings. The summed E-state index contributed by atoms with van der Waals surface area (Å²) in [5.74, 6) is 0.862. The van der Waals surface area contributed by atoms with Gasteiger partial charge in [0.05, 0.1) is 11.9 Å². The van der Waals surface area contributed by atoms with Crippen LogP contribution >= 0.6 is 0 Å². The number of nitrogens with zero attached hydrogens (tertiary/aromatic N) is 1. The van der Waals surface area contributed by atoms with Gasteiger partial charge in [-0.1, -0.05) is 17.7 Å². The summed E-state index contributed by atoms with van der Waals surface area (Å²) in [6.45, 7) is 4.21. The average molecular weight is 263 g/mol. The van der Waals surface area contributed by atoms with Crippen molar-refractivity contribution < 1.29 is 0 Å². The Balaban J connectivity index is 2.01. The number of rotatable bonds is 2. The van der Waals surface area contributed by atoms with Crippen LogP contribution in [0.25, 0.3) is 22.6 Å².